The van der Waals surface area contributed by atoms with Gasteiger partial charge in [0, 0.05) is 11.0 Å². The second-order valence-corrected chi connectivity index (χ2v) is 6.61. The summed E-state index contributed by atoms with van der Waals surface area (Å²) in [5.74, 6) is 2.98. The second kappa shape index (κ2) is 4.05. The summed E-state index contributed by atoms with van der Waals surface area (Å²) in [5, 5.41) is 0.761. The van der Waals surface area contributed by atoms with Gasteiger partial charge in [-0.15, -0.1) is 0 Å². The van der Waals surface area contributed by atoms with E-state index in [1.165, 1.54) is 25.0 Å². The Bertz CT molecular complexity index is 204. The van der Waals surface area contributed by atoms with Gasteiger partial charge < -0.3 is 4.74 Å². The maximum atomic E-state index is 5.98. The molecule has 3 atom stereocenters. The highest BCUT2D eigenvalue weighted by Crippen LogP contribution is 2.45. The Kier molecular flexibility index (Phi) is 3.13. The average Bonchev–Trinajstić information content (AvgIpc) is 2.16. The van der Waals surface area contributed by atoms with Crippen molar-refractivity contribution in [2.24, 2.45) is 11.8 Å². The van der Waals surface area contributed by atoms with Crippen LogP contribution in [0.2, 0.25) is 0 Å². The number of ether oxygens (including phenoxy) is 1. The van der Waals surface area contributed by atoms with Gasteiger partial charge in [-0.25, -0.2) is 0 Å². The Morgan fingerprint density at radius 2 is 2.21 bits per heavy atom. The van der Waals surface area contributed by atoms with Crippen LogP contribution < -0.4 is 0 Å². The van der Waals surface area contributed by atoms with Crippen molar-refractivity contribution in [1.29, 1.82) is 0 Å². The van der Waals surface area contributed by atoms with Crippen molar-refractivity contribution in [3.05, 3.63) is 0 Å². The molecule has 0 bridgehead atoms. The first-order chi connectivity index (χ1) is 6.62. The minimum atomic E-state index is 0.203. The van der Waals surface area contributed by atoms with Crippen LogP contribution in [0, 0.1) is 11.8 Å². The molecule has 2 rings (SSSR count). The molecule has 2 heteroatoms. The molecular weight excluding hydrogens is 192 g/mol. The second-order valence-electron chi connectivity index (χ2n) is 5.30. The van der Waals surface area contributed by atoms with Crippen LogP contribution >= 0.6 is 11.8 Å². The third-order valence-electron chi connectivity index (χ3n) is 3.99. The molecule has 0 aromatic rings. The number of rotatable bonds is 1. The molecule has 1 aliphatic carbocycles. The molecule has 0 radical (unpaired) electrons. The van der Waals surface area contributed by atoms with E-state index in [1.54, 1.807) is 0 Å². The SMILES string of the molecule is CC(C)[C@@H]1CC[C@]2(C)OCCS[C@H]2C1. The van der Waals surface area contributed by atoms with E-state index >= 15 is 0 Å². The van der Waals surface area contributed by atoms with Crippen molar-refractivity contribution >= 4 is 11.8 Å². The first kappa shape index (κ1) is 10.8. The molecule has 1 aliphatic heterocycles. The summed E-state index contributed by atoms with van der Waals surface area (Å²) >= 11 is 2.14. The van der Waals surface area contributed by atoms with E-state index in [4.69, 9.17) is 4.74 Å². The van der Waals surface area contributed by atoms with Crippen LogP contribution in [0.25, 0.3) is 0 Å². The van der Waals surface area contributed by atoms with E-state index in [9.17, 15) is 0 Å². The fourth-order valence-electron chi connectivity index (χ4n) is 2.76. The average molecular weight is 214 g/mol. The molecule has 1 saturated carbocycles. The third-order valence-corrected chi connectivity index (χ3v) is 5.48. The van der Waals surface area contributed by atoms with Gasteiger partial charge in [0.15, 0.2) is 0 Å². The van der Waals surface area contributed by atoms with E-state index in [-0.39, 0.29) is 5.60 Å². The lowest BCUT2D eigenvalue weighted by Gasteiger charge is -2.47. The summed E-state index contributed by atoms with van der Waals surface area (Å²) < 4.78 is 5.98. The highest BCUT2D eigenvalue weighted by Gasteiger charge is 2.43. The maximum Gasteiger partial charge on any atom is 0.0773 e. The zero-order chi connectivity index (χ0) is 10.2. The quantitative estimate of drug-likeness (QED) is 0.662. The Morgan fingerprint density at radius 3 is 2.93 bits per heavy atom. The molecule has 82 valence electrons. The van der Waals surface area contributed by atoms with E-state index in [0.717, 1.165) is 23.7 Å². The molecule has 0 unspecified atom stereocenters. The van der Waals surface area contributed by atoms with Gasteiger partial charge in [0.1, 0.15) is 0 Å². The number of thioether (sulfide) groups is 1. The summed E-state index contributed by atoms with van der Waals surface area (Å²) in [6, 6.07) is 0. The van der Waals surface area contributed by atoms with Crippen molar-refractivity contribution < 1.29 is 4.74 Å². The first-order valence-electron chi connectivity index (χ1n) is 5.87. The molecule has 2 aliphatic rings. The molecule has 1 saturated heterocycles. The van der Waals surface area contributed by atoms with Crippen molar-refractivity contribution in [2.45, 2.75) is 50.9 Å². The first-order valence-corrected chi connectivity index (χ1v) is 6.92. The van der Waals surface area contributed by atoms with Gasteiger partial charge in [-0.1, -0.05) is 13.8 Å². The zero-order valence-electron chi connectivity index (χ0n) is 9.58. The van der Waals surface area contributed by atoms with Crippen molar-refractivity contribution in [3.63, 3.8) is 0 Å². The topological polar surface area (TPSA) is 9.23 Å². The fraction of sp³-hybridized carbons (Fsp3) is 1.00. The summed E-state index contributed by atoms with van der Waals surface area (Å²) in [6.45, 7) is 8.01. The largest absolute Gasteiger partial charge is 0.373 e. The lowest BCUT2D eigenvalue weighted by Crippen LogP contribution is -2.49. The van der Waals surface area contributed by atoms with Crippen LogP contribution in [0.5, 0.6) is 0 Å². The van der Waals surface area contributed by atoms with Gasteiger partial charge in [-0.05, 0) is 38.0 Å². The van der Waals surface area contributed by atoms with Crippen LogP contribution in [-0.2, 0) is 4.74 Å². The normalized spacial score (nSPS) is 43.7. The molecule has 0 aromatic carbocycles. The predicted molar refractivity (Wildman–Crippen MR) is 62.8 cm³/mol. The minimum absolute atomic E-state index is 0.203. The predicted octanol–water partition coefficient (Wildman–Crippen LogP) is 3.33. The monoisotopic (exact) mass is 214 g/mol. The standard InChI is InChI=1S/C12H22OS/c1-9(2)10-4-5-12(3)11(8-10)14-7-6-13-12/h9-11H,4-8H2,1-3H3/t10-,11+,12+/m1/s1. The van der Waals surface area contributed by atoms with E-state index in [0.29, 0.717) is 0 Å². The number of hydrogen-bond acceptors (Lipinski definition) is 2. The highest BCUT2D eigenvalue weighted by atomic mass is 32.2. The molecular formula is C12H22OS. The molecule has 0 spiro atoms. The molecule has 0 N–H and O–H groups in total. The fourth-order valence-corrected chi connectivity index (χ4v) is 4.14. The van der Waals surface area contributed by atoms with Crippen molar-refractivity contribution in [3.8, 4) is 0 Å². The molecule has 0 aromatic heterocycles. The Balaban J connectivity index is 2.02. The molecule has 14 heavy (non-hydrogen) atoms. The van der Waals surface area contributed by atoms with Gasteiger partial charge in [-0.3, -0.25) is 0 Å². The summed E-state index contributed by atoms with van der Waals surface area (Å²) in [4.78, 5) is 0. The Hall–Kier alpha value is 0.310. The molecule has 2 fully saturated rings. The van der Waals surface area contributed by atoms with Gasteiger partial charge in [-0.2, -0.15) is 11.8 Å². The zero-order valence-corrected chi connectivity index (χ0v) is 10.4. The lowest BCUT2D eigenvalue weighted by molar-refractivity contribution is -0.0620. The van der Waals surface area contributed by atoms with Gasteiger partial charge >= 0.3 is 0 Å². The number of hydrogen-bond donors (Lipinski definition) is 0. The summed E-state index contributed by atoms with van der Waals surface area (Å²) in [7, 11) is 0. The van der Waals surface area contributed by atoms with Crippen LogP contribution in [0.4, 0.5) is 0 Å². The smallest absolute Gasteiger partial charge is 0.0773 e. The van der Waals surface area contributed by atoms with Gasteiger partial charge in [0.2, 0.25) is 0 Å². The minimum Gasteiger partial charge on any atom is -0.373 e. The van der Waals surface area contributed by atoms with Crippen molar-refractivity contribution in [2.75, 3.05) is 12.4 Å². The van der Waals surface area contributed by atoms with Crippen LogP contribution in [0.1, 0.15) is 40.0 Å². The summed E-state index contributed by atoms with van der Waals surface area (Å²) in [6.07, 6.45) is 4.01. The third kappa shape index (κ3) is 1.96. The number of fused-ring (bicyclic) bond motifs is 1. The van der Waals surface area contributed by atoms with Crippen LogP contribution in [-0.4, -0.2) is 23.2 Å². The van der Waals surface area contributed by atoms with E-state index in [2.05, 4.69) is 32.5 Å². The van der Waals surface area contributed by atoms with Crippen LogP contribution in [0.15, 0.2) is 0 Å². The molecule has 1 nitrogen and oxygen atoms in total. The summed E-state index contributed by atoms with van der Waals surface area (Å²) in [5.41, 5.74) is 0.203. The van der Waals surface area contributed by atoms with Crippen molar-refractivity contribution in [1.82, 2.24) is 0 Å². The van der Waals surface area contributed by atoms with Gasteiger partial charge in [0.25, 0.3) is 0 Å². The maximum absolute atomic E-state index is 5.98. The highest BCUT2D eigenvalue weighted by molar-refractivity contribution is 8.00. The van der Waals surface area contributed by atoms with E-state index < -0.39 is 0 Å². The van der Waals surface area contributed by atoms with E-state index in [1.807, 2.05) is 0 Å². The lowest BCUT2D eigenvalue weighted by atomic mass is 9.75. The Labute approximate surface area is 92.0 Å². The molecule has 1 heterocycles. The van der Waals surface area contributed by atoms with Crippen LogP contribution in [0.3, 0.4) is 0 Å². The van der Waals surface area contributed by atoms with Gasteiger partial charge in [0.05, 0.1) is 12.2 Å². The Morgan fingerprint density at radius 1 is 1.43 bits per heavy atom. The molecule has 0 amide bonds.